The van der Waals surface area contributed by atoms with Gasteiger partial charge in [-0.1, -0.05) is 0 Å². The Morgan fingerprint density at radius 3 is 2.00 bits per heavy atom. The van der Waals surface area contributed by atoms with Gasteiger partial charge in [0.15, 0.2) is 0 Å². The molecule has 0 amide bonds. The van der Waals surface area contributed by atoms with Gasteiger partial charge in [0.1, 0.15) is 0 Å². The minimum absolute atomic E-state index is 0.233. The van der Waals surface area contributed by atoms with Gasteiger partial charge in [-0.2, -0.15) is 0 Å². The summed E-state index contributed by atoms with van der Waals surface area (Å²) < 4.78 is 15.8. The van der Waals surface area contributed by atoms with Gasteiger partial charge in [0.25, 0.3) is 0 Å². The van der Waals surface area contributed by atoms with Crippen LogP contribution in [0.4, 0.5) is 0 Å². The number of hydrogen-bond acceptors (Lipinski definition) is 5. The van der Waals surface area contributed by atoms with E-state index in [1.165, 1.54) is 0 Å². The van der Waals surface area contributed by atoms with Crippen LogP contribution >= 0.6 is 0 Å². The molecule has 0 aromatic rings. The molecule has 0 fully saturated rings. The molecule has 0 aliphatic rings. The molecular weight excluding hydrogens is 188 g/mol. The molecule has 13 heavy (non-hydrogen) atoms. The maximum Gasteiger partial charge on any atom is 0.501 e. The van der Waals surface area contributed by atoms with Crippen LogP contribution in [0.25, 0.3) is 0 Å². The first-order valence-corrected chi connectivity index (χ1v) is 6.16. The van der Waals surface area contributed by atoms with Crippen LogP contribution in [0.15, 0.2) is 0 Å². The summed E-state index contributed by atoms with van der Waals surface area (Å²) in [5, 5.41) is 3.08. The van der Waals surface area contributed by atoms with Gasteiger partial charge in [0.2, 0.25) is 0 Å². The largest absolute Gasteiger partial charge is 0.501 e. The third-order valence-electron chi connectivity index (χ3n) is 1.96. The molecule has 0 spiro atoms. The van der Waals surface area contributed by atoms with Crippen molar-refractivity contribution in [1.29, 1.82) is 0 Å². The topological polar surface area (TPSA) is 65.7 Å². The zero-order valence-corrected chi connectivity index (χ0v) is 9.79. The van der Waals surface area contributed by atoms with E-state index < -0.39 is 8.80 Å². The maximum atomic E-state index is 5.35. The number of hydrogen-bond donors (Lipinski definition) is 2. The second-order valence-corrected chi connectivity index (χ2v) is 5.81. The molecule has 0 aliphatic carbocycles. The van der Waals surface area contributed by atoms with Gasteiger partial charge in [-0.15, -0.1) is 0 Å². The molecule has 0 saturated carbocycles. The fourth-order valence-corrected chi connectivity index (χ4v) is 3.04. The Balaban J connectivity index is 4.07. The second kappa shape index (κ2) is 6.47. The smallest absolute Gasteiger partial charge is 0.377 e. The molecule has 0 aromatic heterocycles. The SMILES string of the molecule is CO[Si](CC(C)NCN)(OC)OC. The molecule has 5 nitrogen and oxygen atoms in total. The number of nitrogens with one attached hydrogen (secondary N) is 1. The molecule has 0 aromatic carbocycles. The molecule has 1 atom stereocenters. The molecule has 3 N–H and O–H groups in total. The second-order valence-electron chi connectivity index (χ2n) is 2.81. The van der Waals surface area contributed by atoms with E-state index in [9.17, 15) is 0 Å². The van der Waals surface area contributed by atoms with Gasteiger partial charge in [0, 0.05) is 40.1 Å². The summed E-state index contributed by atoms with van der Waals surface area (Å²) in [6.45, 7) is 2.47. The Morgan fingerprint density at radius 1 is 1.23 bits per heavy atom. The van der Waals surface area contributed by atoms with Gasteiger partial charge in [-0.3, -0.25) is 0 Å². The maximum absolute atomic E-state index is 5.35. The Labute approximate surface area is 80.9 Å². The minimum atomic E-state index is -2.44. The normalized spacial score (nSPS) is 14.5. The van der Waals surface area contributed by atoms with Crippen LogP contribution in [0.1, 0.15) is 6.92 Å². The van der Waals surface area contributed by atoms with E-state index in [0.29, 0.717) is 12.7 Å². The Kier molecular flexibility index (Phi) is 6.48. The highest BCUT2D eigenvalue weighted by atomic mass is 28.4. The summed E-state index contributed by atoms with van der Waals surface area (Å²) in [6.07, 6.45) is 0. The summed E-state index contributed by atoms with van der Waals surface area (Å²) in [7, 11) is 2.38. The fourth-order valence-electron chi connectivity index (χ4n) is 1.15. The molecule has 0 heterocycles. The molecule has 0 bridgehead atoms. The molecule has 6 heteroatoms. The van der Waals surface area contributed by atoms with Crippen molar-refractivity contribution in [2.45, 2.75) is 19.0 Å². The molecule has 0 rings (SSSR count). The highest BCUT2D eigenvalue weighted by Gasteiger charge is 2.39. The molecule has 0 aliphatic heterocycles. The standard InChI is InChI=1S/C7H20N2O3Si/c1-7(9-6-8)5-13(10-2,11-3)12-4/h7,9H,5-6,8H2,1-4H3. The van der Waals surface area contributed by atoms with Crippen LogP contribution in [-0.2, 0) is 13.3 Å². The highest BCUT2D eigenvalue weighted by molar-refractivity contribution is 6.60. The van der Waals surface area contributed by atoms with Crippen molar-refractivity contribution in [2.24, 2.45) is 5.73 Å². The Bertz CT molecular complexity index is 125. The van der Waals surface area contributed by atoms with Crippen molar-refractivity contribution in [3.05, 3.63) is 0 Å². The fraction of sp³-hybridized carbons (Fsp3) is 1.00. The molecule has 0 saturated heterocycles. The first-order valence-electron chi connectivity index (χ1n) is 4.23. The predicted octanol–water partition coefficient (Wildman–Crippen LogP) is -0.241. The lowest BCUT2D eigenvalue weighted by Crippen LogP contribution is -2.48. The van der Waals surface area contributed by atoms with Crippen LogP contribution in [0.3, 0.4) is 0 Å². The van der Waals surface area contributed by atoms with Crippen molar-refractivity contribution < 1.29 is 13.3 Å². The minimum Gasteiger partial charge on any atom is -0.377 e. The summed E-state index contributed by atoms with van der Waals surface area (Å²) in [6, 6.07) is 0.949. The predicted molar refractivity (Wildman–Crippen MR) is 53.2 cm³/mol. The average Bonchev–Trinajstić information content (AvgIpc) is 2.15. The Morgan fingerprint density at radius 2 is 1.69 bits per heavy atom. The van der Waals surface area contributed by atoms with Crippen LogP contribution in [0, 0.1) is 0 Å². The zero-order valence-electron chi connectivity index (χ0n) is 8.79. The van der Waals surface area contributed by atoms with Crippen molar-refractivity contribution in [3.63, 3.8) is 0 Å². The number of nitrogens with two attached hydrogens (primary N) is 1. The van der Waals surface area contributed by atoms with E-state index in [2.05, 4.69) is 5.32 Å². The summed E-state index contributed by atoms with van der Waals surface area (Å²) in [4.78, 5) is 0. The van der Waals surface area contributed by atoms with Crippen LogP contribution in [-0.4, -0.2) is 42.8 Å². The van der Waals surface area contributed by atoms with Crippen LogP contribution in [0.2, 0.25) is 6.04 Å². The highest BCUT2D eigenvalue weighted by Crippen LogP contribution is 2.14. The van der Waals surface area contributed by atoms with Crippen molar-refractivity contribution in [2.75, 3.05) is 28.0 Å². The van der Waals surface area contributed by atoms with Crippen molar-refractivity contribution in [3.8, 4) is 0 Å². The third-order valence-corrected chi connectivity index (χ3v) is 4.93. The lowest BCUT2D eigenvalue weighted by Gasteiger charge is -2.27. The van der Waals surface area contributed by atoms with Gasteiger partial charge in [-0.05, 0) is 6.92 Å². The summed E-state index contributed by atoms with van der Waals surface area (Å²) >= 11 is 0. The average molecular weight is 208 g/mol. The molecular formula is C7H20N2O3Si. The van der Waals surface area contributed by atoms with Gasteiger partial charge in [-0.25, -0.2) is 0 Å². The van der Waals surface area contributed by atoms with E-state index in [1.807, 2.05) is 6.92 Å². The lowest BCUT2D eigenvalue weighted by atomic mass is 10.4. The summed E-state index contributed by atoms with van der Waals surface area (Å²) in [5.41, 5.74) is 5.35. The van der Waals surface area contributed by atoms with E-state index in [0.717, 1.165) is 0 Å². The van der Waals surface area contributed by atoms with E-state index >= 15 is 0 Å². The van der Waals surface area contributed by atoms with E-state index in [-0.39, 0.29) is 6.04 Å². The first kappa shape index (κ1) is 13.0. The first-order chi connectivity index (χ1) is 6.14. The molecule has 1 unspecified atom stereocenters. The summed E-state index contributed by atoms with van der Waals surface area (Å²) in [5.74, 6) is 0. The van der Waals surface area contributed by atoms with Crippen LogP contribution in [0.5, 0.6) is 0 Å². The van der Waals surface area contributed by atoms with Gasteiger partial charge in [0.05, 0.1) is 0 Å². The number of rotatable bonds is 7. The lowest BCUT2D eigenvalue weighted by molar-refractivity contribution is 0.120. The van der Waals surface area contributed by atoms with Crippen molar-refractivity contribution in [1.82, 2.24) is 5.32 Å². The van der Waals surface area contributed by atoms with Crippen molar-refractivity contribution >= 4 is 8.80 Å². The zero-order chi connectivity index (χ0) is 10.3. The molecule has 80 valence electrons. The van der Waals surface area contributed by atoms with Gasteiger partial charge >= 0.3 is 8.80 Å². The monoisotopic (exact) mass is 208 g/mol. The quantitative estimate of drug-likeness (QED) is 0.446. The molecule has 0 radical (unpaired) electrons. The van der Waals surface area contributed by atoms with E-state index in [1.54, 1.807) is 21.3 Å². The van der Waals surface area contributed by atoms with E-state index in [4.69, 9.17) is 19.0 Å². The Hall–Kier alpha value is 0.0169. The van der Waals surface area contributed by atoms with Gasteiger partial charge < -0.3 is 24.3 Å². The third kappa shape index (κ3) is 4.16. The van der Waals surface area contributed by atoms with Crippen LogP contribution < -0.4 is 11.1 Å².